The molecule has 228 valence electrons. The Labute approximate surface area is 231 Å². The van der Waals surface area contributed by atoms with Crippen LogP contribution in [-0.4, -0.2) is 116 Å². The number of esters is 3. The molecule has 3 aliphatic heterocycles. The molecule has 0 aromatic carbocycles. The summed E-state index contributed by atoms with van der Waals surface area (Å²) in [5, 5.41) is 13.6. The summed E-state index contributed by atoms with van der Waals surface area (Å²) in [7, 11) is 0. The number of fused-ring (bicyclic) bond motifs is 1. The van der Waals surface area contributed by atoms with E-state index in [0.717, 1.165) is 13.8 Å². The van der Waals surface area contributed by atoms with Crippen LogP contribution in [0.1, 0.15) is 48.5 Å². The van der Waals surface area contributed by atoms with Gasteiger partial charge < -0.3 is 53.1 Å². The highest BCUT2D eigenvalue weighted by molar-refractivity contribution is 5.73. The highest BCUT2D eigenvalue weighted by Gasteiger charge is 2.57. The van der Waals surface area contributed by atoms with E-state index < -0.39 is 91.0 Å². The molecule has 3 fully saturated rings. The van der Waals surface area contributed by atoms with E-state index in [4.69, 9.17) is 42.6 Å². The third-order valence-electron chi connectivity index (χ3n) is 6.27. The quantitative estimate of drug-likeness (QED) is 0.232. The molecule has 3 heterocycles. The van der Waals surface area contributed by atoms with Crippen molar-refractivity contribution in [3.05, 3.63) is 0 Å². The summed E-state index contributed by atoms with van der Waals surface area (Å²) in [5.74, 6) is -3.52. The normalized spacial score (nSPS) is 35.4. The monoisotopic (exact) mass is 577 g/mol. The summed E-state index contributed by atoms with van der Waals surface area (Å²) < 4.78 is 51.1. The van der Waals surface area contributed by atoms with E-state index in [0.29, 0.717) is 6.61 Å². The number of aliphatic hydroxyl groups excluding tert-OH is 1. The van der Waals surface area contributed by atoms with Crippen molar-refractivity contribution in [3.63, 3.8) is 0 Å². The Morgan fingerprint density at radius 3 is 2.12 bits per heavy atom. The van der Waals surface area contributed by atoms with E-state index in [9.17, 15) is 24.3 Å². The van der Waals surface area contributed by atoms with E-state index >= 15 is 0 Å². The largest absolute Gasteiger partial charge is 0.463 e. The molecule has 3 rings (SSSR count). The van der Waals surface area contributed by atoms with Gasteiger partial charge in [-0.3, -0.25) is 19.2 Å². The van der Waals surface area contributed by atoms with Crippen LogP contribution in [0.4, 0.5) is 0 Å². The van der Waals surface area contributed by atoms with Crippen LogP contribution in [0.5, 0.6) is 0 Å². The maximum absolute atomic E-state index is 12.1. The predicted molar refractivity (Wildman–Crippen MR) is 130 cm³/mol. The van der Waals surface area contributed by atoms with Crippen LogP contribution in [0.15, 0.2) is 0 Å². The van der Waals surface area contributed by atoms with Gasteiger partial charge in [0.2, 0.25) is 5.91 Å². The van der Waals surface area contributed by atoms with Gasteiger partial charge in [-0.25, -0.2) is 0 Å². The number of carbonyl (C=O) groups is 4. The minimum absolute atomic E-state index is 0.320. The molecule has 3 saturated heterocycles. The van der Waals surface area contributed by atoms with Crippen molar-refractivity contribution in [2.24, 2.45) is 0 Å². The van der Waals surface area contributed by atoms with Gasteiger partial charge in [0.05, 0.1) is 6.61 Å². The average molecular weight is 578 g/mol. The standard InChI is InChI=1S/C25H39NO14/c1-8-32-21-18(38-24-22(21)39-25(6,7)40-24)15(31)9-34-23-17(26-11(2)27)20(36-14(5)30)19(35-13(4)29)16(37-23)10-33-12(3)28/h15-24,31H,8-10H2,1-7H3,(H,26,27)/t15-,16-,17+,18+,19+,20-,21-,22+,23-,24+/m1/s1. The Bertz CT molecular complexity index is 927. The van der Waals surface area contributed by atoms with Gasteiger partial charge in [-0.1, -0.05) is 0 Å². The lowest BCUT2D eigenvalue weighted by atomic mass is 9.96. The van der Waals surface area contributed by atoms with Gasteiger partial charge in [0.25, 0.3) is 0 Å². The number of rotatable bonds is 11. The third-order valence-corrected chi connectivity index (χ3v) is 6.27. The number of hydrogen-bond acceptors (Lipinski definition) is 14. The van der Waals surface area contributed by atoms with Gasteiger partial charge >= 0.3 is 17.9 Å². The second kappa shape index (κ2) is 13.5. The summed E-state index contributed by atoms with van der Waals surface area (Å²) in [6.07, 6.45) is -9.24. The molecule has 3 aliphatic rings. The number of nitrogens with one attached hydrogen (secondary N) is 1. The fourth-order valence-corrected chi connectivity index (χ4v) is 4.92. The summed E-state index contributed by atoms with van der Waals surface area (Å²) >= 11 is 0. The van der Waals surface area contributed by atoms with Crippen molar-refractivity contribution < 1.29 is 66.9 Å². The highest BCUT2D eigenvalue weighted by atomic mass is 16.8. The maximum Gasteiger partial charge on any atom is 0.303 e. The molecule has 0 unspecified atom stereocenters. The average Bonchev–Trinajstić information content (AvgIpc) is 3.31. The van der Waals surface area contributed by atoms with E-state index in [1.807, 2.05) is 0 Å². The number of carbonyl (C=O) groups excluding carboxylic acids is 4. The molecule has 0 radical (unpaired) electrons. The first-order valence-electron chi connectivity index (χ1n) is 13.0. The van der Waals surface area contributed by atoms with E-state index in [-0.39, 0.29) is 13.2 Å². The zero-order chi connectivity index (χ0) is 29.8. The summed E-state index contributed by atoms with van der Waals surface area (Å²) in [6.45, 7) is 9.50. The van der Waals surface area contributed by atoms with Crippen molar-refractivity contribution in [1.29, 1.82) is 0 Å². The zero-order valence-corrected chi connectivity index (χ0v) is 23.6. The summed E-state index contributed by atoms with van der Waals surface area (Å²) in [5.41, 5.74) is 0. The van der Waals surface area contributed by atoms with Gasteiger partial charge in [-0.05, 0) is 20.8 Å². The molecule has 10 atom stereocenters. The lowest BCUT2D eigenvalue weighted by Gasteiger charge is -2.45. The Kier molecular flexibility index (Phi) is 10.8. The van der Waals surface area contributed by atoms with E-state index in [1.54, 1.807) is 20.8 Å². The van der Waals surface area contributed by atoms with Crippen molar-refractivity contribution in [2.75, 3.05) is 19.8 Å². The maximum atomic E-state index is 12.1. The Morgan fingerprint density at radius 1 is 0.900 bits per heavy atom. The molecule has 0 aromatic rings. The molecule has 0 spiro atoms. The molecule has 0 aliphatic carbocycles. The second-order valence-electron chi connectivity index (χ2n) is 10.1. The molecular weight excluding hydrogens is 538 g/mol. The first-order chi connectivity index (χ1) is 18.7. The van der Waals surface area contributed by atoms with Crippen molar-refractivity contribution >= 4 is 23.8 Å². The fraction of sp³-hybridized carbons (Fsp3) is 0.840. The van der Waals surface area contributed by atoms with Crippen LogP contribution in [-0.2, 0) is 61.8 Å². The highest BCUT2D eigenvalue weighted by Crippen LogP contribution is 2.40. The SMILES string of the molecule is CCO[C@H]1[C@@H]2OC(C)(C)O[C@@H]2O[C@H]1[C@H](O)CO[C@@H]1O[C@H](COC(C)=O)[C@H](OC(C)=O)[C@H](OC(C)=O)[C@@H]1NC(C)=O. The molecule has 0 saturated carbocycles. The second-order valence-corrected chi connectivity index (χ2v) is 10.1. The van der Waals surface area contributed by atoms with Crippen LogP contribution in [0.25, 0.3) is 0 Å². The van der Waals surface area contributed by atoms with E-state index in [1.165, 1.54) is 13.8 Å². The number of aliphatic hydroxyl groups is 1. The van der Waals surface area contributed by atoms with Crippen LogP contribution in [0.2, 0.25) is 0 Å². The molecule has 15 heteroatoms. The van der Waals surface area contributed by atoms with Gasteiger partial charge in [0, 0.05) is 34.3 Å². The molecule has 0 aromatic heterocycles. The number of ether oxygens (including phenoxy) is 9. The predicted octanol–water partition coefficient (Wildman–Crippen LogP) is -0.698. The lowest BCUT2D eigenvalue weighted by molar-refractivity contribution is -0.286. The van der Waals surface area contributed by atoms with Crippen molar-refractivity contribution in [3.8, 4) is 0 Å². The topological polar surface area (TPSA) is 184 Å². The van der Waals surface area contributed by atoms with Crippen LogP contribution < -0.4 is 5.32 Å². The Morgan fingerprint density at radius 2 is 1.55 bits per heavy atom. The van der Waals surface area contributed by atoms with Gasteiger partial charge in [0.15, 0.2) is 30.6 Å². The first kappa shape index (κ1) is 32.1. The third kappa shape index (κ3) is 8.09. The first-order valence-corrected chi connectivity index (χ1v) is 13.0. The Balaban J connectivity index is 1.81. The molecule has 40 heavy (non-hydrogen) atoms. The number of amides is 1. The molecule has 0 bridgehead atoms. The van der Waals surface area contributed by atoms with Crippen LogP contribution in [0.3, 0.4) is 0 Å². The molecule has 1 amide bonds. The Hall–Kier alpha value is -2.40. The van der Waals surface area contributed by atoms with Crippen LogP contribution in [0, 0.1) is 0 Å². The van der Waals surface area contributed by atoms with Crippen molar-refractivity contribution in [2.45, 2.75) is 116 Å². The van der Waals surface area contributed by atoms with Crippen LogP contribution >= 0.6 is 0 Å². The summed E-state index contributed by atoms with van der Waals surface area (Å²) in [4.78, 5) is 47.5. The lowest BCUT2D eigenvalue weighted by Crippen LogP contribution is -2.66. The van der Waals surface area contributed by atoms with Gasteiger partial charge in [-0.2, -0.15) is 0 Å². The summed E-state index contributed by atoms with van der Waals surface area (Å²) in [6, 6.07) is -1.18. The fourth-order valence-electron chi connectivity index (χ4n) is 4.92. The molecular formula is C25H39NO14. The smallest absolute Gasteiger partial charge is 0.303 e. The van der Waals surface area contributed by atoms with Gasteiger partial charge in [-0.15, -0.1) is 0 Å². The number of hydrogen-bond donors (Lipinski definition) is 2. The van der Waals surface area contributed by atoms with Crippen molar-refractivity contribution in [1.82, 2.24) is 5.32 Å². The molecule has 2 N–H and O–H groups in total. The zero-order valence-electron chi connectivity index (χ0n) is 23.6. The molecule has 15 nitrogen and oxygen atoms in total. The minimum Gasteiger partial charge on any atom is -0.463 e. The van der Waals surface area contributed by atoms with Gasteiger partial charge in [0.1, 0.15) is 43.2 Å². The van der Waals surface area contributed by atoms with E-state index in [2.05, 4.69) is 5.32 Å². The minimum atomic E-state index is -1.34.